The summed E-state index contributed by atoms with van der Waals surface area (Å²) < 4.78 is 4.71. The molecule has 1 heterocycles. The number of nitrogens with zero attached hydrogens (tertiary/aromatic N) is 1. The smallest absolute Gasteiger partial charge is 0.328 e. The van der Waals surface area contributed by atoms with E-state index in [-0.39, 0.29) is 12.5 Å². The number of esters is 1. The van der Waals surface area contributed by atoms with Gasteiger partial charge in [0.05, 0.1) is 7.11 Å². The summed E-state index contributed by atoms with van der Waals surface area (Å²) in [6.07, 6.45) is 0.801. The van der Waals surface area contributed by atoms with Gasteiger partial charge in [-0.15, -0.1) is 0 Å². The third kappa shape index (κ3) is 2.85. The minimum absolute atomic E-state index is 0.0913. The molecular formula is C13H13Cl2NO3. The minimum Gasteiger partial charge on any atom is -0.467 e. The molecule has 1 saturated heterocycles. The van der Waals surface area contributed by atoms with Crippen LogP contribution in [0.1, 0.15) is 18.4 Å². The highest BCUT2D eigenvalue weighted by Gasteiger charge is 2.37. The maximum Gasteiger partial charge on any atom is 0.328 e. The Bertz CT molecular complexity index is 498. The van der Waals surface area contributed by atoms with Gasteiger partial charge >= 0.3 is 5.97 Å². The average Bonchev–Trinajstić information content (AvgIpc) is 2.74. The van der Waals surface area contributed by atoms with Gasteiger partial charge in [-0.3, -0.25) is 4.79 Å². The molecule has 1 aromatic carbocycles. The number of amides is 1. The van der Waals surface area contributed by atoms with E-state index in [1.54, 1.807) is 18.2 Å². The van der Waals surface area contributed by atoms with Crippen LogP contribution in [0, 0.1) is 0 Å². The number of rotatable bonds is 3. The third-order valence-corrected chi connectivity index (χ3v) is 3.90. The summed E-state index contributed by atoms with van der Waals surface area (Å²) in [6, 6.07) is 4.59. The van der Waals surface area contributed by atoms with Crippen molar-refractivity contribution in [2.75, 3.05) is 7.11 Å². The molecule has 1 atom stereocenters. The van der Waals surface area contributed by atoms with E-state index in [1.165, 1.54) is 12.0 Å². The lowest BCUT2D eigenvalue weighted by Crippen LogP contribution is -2.38. The fraction of sp³-hybridized carbons (Fsp3) is 0.385. The van der Waals surface area contributed by atoms with Crippen LogP contribution in [0.25, 0.3) is 0 Å². The number of methoxy groups -OCH3 is 1. The van der Waals surface area contributed by atoms with Gasteiger partial charge in [-0.2, -0.15) is 0 Å². The molecule has 0 aliphatic carbocycles. The van der Waals surface area contributed by atoms with Crippen LogP contribution in [-0.4, -0.2) is 29.9 Å². The summed E-state index contributed by atoms with van der Waals surface area (Å²) in [5.74, 6) is -0.500. The Kier molecular flexibility index (Phi) is 4.32. The van der Waals surface area contributed by atoms with E-state index in [0.717, 1.165) is 0 Å². The molecule has 0 N–H and O–H groups in total. The maximum atomic E-state index is 11.9. The van der Waals surface area contributed by atoms with Crippen molar-refractivity contribution in [2.24, 2.45) is 0 Å². The number of carbonyl (C=O) groups excluding carboxylic acids is 2. The molecule has 19 heavy (non-hydrogen) atoms. The fourth-order valence-corrected chi connectivity index (χ4v) is 2.68. The van der Waals surface area contributed by atoms with Crippen molar-refractivity contribution in [3.63, 3.8) is 0 Å². The zero-order valence-electron chi connectivity index (χ0n) is 10.4. The van der Waals surface area contributed by atoms with Crippen LogP contribution in [0.15, 0.2) is 18.2 Å². The van der Waals surface area contributed by atoms with Crippen molar-refractivity contribution >= 4 is 35.1 Å². The van der Waals surface area contributed by atoms with Crippen molar-refractivity contribution in [2.45, 2.75) is 25.4 Å². The highest BCUT2D eigenvalue weighted by molar-refractivity contribution is 6.36. The first-order valence-corrected chi connectivity index (χ1v) is 6.60. The van der Waals surface area contributed by atoms with Crippen molar-refractivity contribution < 1.29 is 14.3 Å². The first-order valence-electron chi connectivity index (χ1n) is 5.84. The van der Waals surface area contributed by atoms with Crippen LogP contribution in [0.3, 0.4) is 0 Å². The number of likely N-dealkylation sites (tertiary alicyclic amines) is 1. The molecular weight excluding hydrogens is 289 g/mol. The Morgan fingerprint density at radius 1 is 1.42 bits per heavy atom. The molecule has 6 heteroatoms. The summed E-state index contributed by atoms with van der Waals surface area (Å²) >= 11 is 12.2. The van der Waals surface area contributed by atoms with E-state index in [0.29, 0.717) is 28.5 Å². The maximum absolute atomic E-state index is 11.9. The van der Waals surface area contributed by atoms with E-state index in [2.05, 4.69) is 0 Å². The highest BCUT2D eigenvalue weighted by atomic mass is 35.5. The molecule has 0 unspecified atom stereocenters. The van der Waals surface area contributed by atoms with Crippen LogP contribution in [-0.2, 0) is 20.9 Å². The van der Waals surface area contributed by atoms with Gasteiger partial charge in [0.2, 0.25) is 5.91 Å². The summed E-state index contributed by atoms with van der Waals surface area (Å²) in [4.78, 5) is 25.0. The second-order valence-electron chi connectivity index (χ2n) is 4.30. The van der Waals surface area contributed by atoms with Crippen LogP contribution in [0.4, 0.5) is 0 Å². The average molecular weight is 302 g/mol. The molecule has 2 rings (SSSR count). The van der Waals surface area contributed by atoms with E-state index in [1.807, 2.05) is 0 Å². The molecule has 1 fully saturated rings. The molecule has 1 aliphatic heterocycles. The van der Waals surface area contributed by atoms with Gasteiger partial charge in [-0.1, -0.05) is 29.3 Å². The van der Waals surface area contributed by atoms with Crippen molar-refractivity contribution in [1.82, 2.24) is 4.90 Å². The Morgan fingerprint density at radius 3 is 2.63 bits per heavy atom. The molecule has 0 saturated carbocycles. The number of benzene rings is 1. The minimum atomic E-state index is -0.551. The van der Waals surface area contributed by atoms with Gasteiger partial charge in [-0.25, -0.2) is 4.79 Å². The summed E-state index contributed by atoms with van der Waals surface area (Å²) in [5, 5.41) is 0.964. The molecule has 0 radical (unpaired) electrons. The Morgan fingerprint density at radius 2 is 2.05 bits per heavy atom. The van der Waals surface area contributed by atoms with Crippen molar-refractivity contribution in [3.05, 3.63) is 33.8 Å². The van der Waals surface area contributed by atoms with Gasteiger partial charge in [0.25, 0.3) is 0 Å². The first-order chi connectivity index (χ1) is 9.04. The van der Waals surface area contributed by atoms with Gasteiger partial charge in [0, 0.05) is 28.6 Å². The SMILES string of the molecule is COC(=O)[C@@H]1CCC(=O)N1Cc1c(Cl)cccc1Cl. The topological polar surface area (TPSA) is 46.6 Å². The molecule has 1 aliphatic rings. The quantitative estimate of drug-likeness (QED) is 0.806. The zero-order valence-corrected chi connectivity index (χ0v) is 11.9. The van der Waals surface area contributed by atoms with E-state index in [9.17, 15) is 9.59 Å². The van der Waals surface area contributed by atoms with E-state index >= 15 is 0 Å². The summed E-state index contributed by atoms with van der Waals surface area (Å²) in [5.41, 5.74) is 0.648. The molecule has 1 amide bonds. The first kappa shape index (κ1) is 14.2. The number of hydrogen-bond donors (Lipinski definition) is 0. The Balaban J connectivity index is 2.25. The van der Waals surface area contributed by atoms with Crippen molar-refractivity contribution in [3.8, 4) is 0 Å². The number of hydrogen-bond acceptors (Lipinski definition) is 3. The van der Waals surface area contributed by atoms with Crippen LogP contribution >= 0.6 is 23.2 Å². The Hall–Kier alpha value is -1.26. The largest absolute Gasteiger partial charge is 0.467 e. The normalized spacial score (nSPS) is 18.8. The molecule has 1 aromatic rings. The summed E-state index contributed by atoms with van der Waals surface area (Å²) in [7, 11) is 1.31. The molecule has 0 bridgehead atoms. The predicted octanol–water partition coefficient (Wildman–Crippen LogP) is 2.66. The van der Waals surface area contributed by atoms with Gasteiger partial charge in [-0.05, 0) is 18.6 Å². The van der Waals surface area contributed by atoms with Crippen LogP contribution < -0.4 is 0 Å². The molecule has 0 spiro atoms. The lowest BCUT2D eigenvalue weighted by atomic mass is 10.2. The van der Waals surface area contributed by atoms with Gasteiger partial charge in [0.1, 0.15) is 6.04 Å². The highest BCUT2D eigenvalue weighted by Crippen LogP contribution is 2.29. The number of halogens is 2. The molecule has 0 aromatic heterocycles. The van der Waals surface area contributed by atoms with Crippen LogP contribution in [0.5, 0.6) is 0 Å². The fourth-order valence-electron chi connectivity index (χ4n) is 2.17. The van der Waals surface area contributed by atoms with Crippen molar-refractivity contribution in [1.29, 1.82) is 0 Å². The lowest BCUT2D eigenvalue weighted by Gasteiger charge is -2.23. The van der Waals surface area contributed by atoms with Crippen LogP contribution in [0.2, 0.25) is 10.0 Å². The number of carbonyl (C=O) groups is 2. The van der Waals surface area contributed by atoms with Gasteiger partial charge in [0.15, 0.2) is 0 Å². The second-order valence-corrected chi connectivity index (χ2v) is 5.11. The van der Waals surface area contributed by atoms with E-state index in [4.69, 9.17) is 27.9 Å². The molecule has 4 nitrogen and oxygen atoms in total. The predicted molar refractivity (Wildman–Crippen MR) is 72.1 cm³/mol. The lowest BCUT2D eigenvalue weighted by molar-refractivity contribution is -0.149. The third-order valence-electron chi connectivity index (χ3n) is 3.19. The van der Waals surface area contributed by atoms with E-state index < -0.39 is 12.0 Å². The standard InChI is InChI=1S/C13H13Cl2NO3/c1-19-13(18)11-5-6-12(17)16(11)7-8-9(14)3-2-4-10(8)15/h2-4,11H,5-7H2,1H3/t11-/m0/s1. The van der Waals surface area contributed by atoms with Gasteiger partial charge < -0.3 is 9.64 Å². The second kappa shape index (κ2) is 5.80. The monoisotopic (exact) mass is 301 g/mol. The molecule has 102 valence electrons. The zero-order chi connectivity index (χ0) is 14.0. The number of ether oxygens (including phenoxy) is 1. The Labute approximate surface area is 121 Å². The summed E-state index contributed by atoms with van der Waals surface area (Å²) in [6.45, 7) is 0.219.